The predicted octanol–water partition coefficient (Wildman–Crippen LogP) is 4.03. The van der Waals surface area contributed by atoms with Gasteiger partial charge >= 0.3 is 5.63 Å². The maximum atomic E-state index is 12.3. The second kappa shape index (κ2) is 4.82. The van der Waals surface area contributed by atoms with E-state index in [0.29, 0.717) is 23.8 Å². The summed E-state index contributed by atoms with van der Waals surface area (Å²) >= 11 is 0. The van der Waals surface area contributed by atoms with Gasteiger partial charge in [0.15, 0.2) is 5.78 Å². The van der Waals surface area contributed by atoms with Gasteiger partial charge in [0.2, 0.25) is 0 Å². The van der Waals surface area contributed by atoms with Gasteiger partial charge in [0, 0.05) is 40.9 Å². The summed E-state index contributed by atoms with van der Waals surface area (Å²) in [5, 5.41) is 4.26. The number of carbonyl (C=O) groups is 1. The van der Waals surface area contributed by atoms with Crippen molar-refractivity contribution in [2.45, 2.75) is 34.1 Å². The van der Waals surface area contributed by atoms with Crippen LogP contribution >= 0.6 is 0 Å². The number of Topliss-reactive ketones (excluding diaryl/α,β-unsaturated/α-hetero) is 1. The highest BCUT2D eigenvalue weighted by Gasteiger charge is 2.65. The molecule has 0 amide bonds. The van der Waals surface area contributed by atoms with Gasteiger partial charge < -0.3 is 9.73 Å². The molecule has 0 spiro atoms. The molecule has 0 saturated heterocycles. The third-order valence-electron chi connectivity index (χ3n) is 5.75. The maximum absolute atomic E-state index is 12.3. The van der Waals surface area contributed by atoms with Gasteiger partial charge in [0.05, 0.1) is 0 Å². The molecule has 2 atom stereocenters. The molecule has 24 heavy (non-hydrogen) atoms. The van der Waals surface area contributed by atoms with Gasteiger partial charge in [-0.05, 0) is 48.8 Å². The highest BCUT2D eigenvalue weighted by atomic mass is 16.4. The summed E-state index contributed by atoms with van der Waals surface area (Å²) in [6.45, 7) is 8.32. The summed E-state index contributed by atoms with van der Waals surface area (Å²) in [6.07, 6.45) is 0.664. The van der Waals surface area contributed by atoms with E-state index in [2.05, 4.69) is 19.2 Å². The molecule has 1 aromatic carbocycles. The fourth-order valence-corrected chi connectivity index (χ4v) is 4.31. The molecule has 2 fully saturated rings. The first-order valence-electron chi connectivity index (χ1n) is 8.34. The summed E-state index contributed by atoms with van der Waals surface area (Å²) in [6, 6.07) is 7.21. The molecule has 2 aliphatic carbocycles. The Labute approximate surface area is 140 Å². The van der Waals surface area contributed by atoms with E-state index < -0.39 is 0 Å². The Bertz CT molecular complexity index is 964. The molecule has 2 aromatic rings. The minimum absolute atomic E-state index is 0.236. The van der Waals surface area contributed by atoms with E-state index in [9.17, 15) is 9.59 Å². The fraction of sp³-hybridized carbons (Fsp3) is 0.400. The van der Waals surface area contributed by atoms with Crippen molar-refractivity contribution in [3.8, 4) is 0 Å². The van der Waals surface area contributed by atoms with Crippen LogP contribution in [0.15, 0.2) is 44.7 Å². The molecule has 4 nitrogen and oxygen atoms in total. The van der Waals surface area contributed by atoms with E-state index in [1.54, 1.807) is 0 Å². The molecule has 0 bridgehead atoms. The Balaban J connectivity index is 1.70. The highest BCUT2D eigenvalue weighted by Crippen LogP contribution is 2.68. The Morgan fingerprint density at radius 3 is 2.71 bits per heavy atom. The summed E-state index contributed by atoms with van der Waals surface area (Å²) in [5.74, 6) is 1.13. The molecule has 2 saturated carbocycles. The average Bonchev–Trinajstić information content (AvgIpc) is 2.85. The van der Waals surface area contributed by atoms with E-state index in [4.69, 9.17) is 4.42 Å². The van der Waals surface area contributed by atoms with Gasteiger partial charge in [-0.1, -0.05) is 13.8 Å². The van der Waals surface area contributed by atoms with E-state index in [0.717, 1.165) is 27.9 Å². The first-order chi connectivity index (χ1) is 11.3. The Morgan fingerprint density at radius 2 is 2.00 bits per heavy atom. The second-order valence-electron chi connectivity index (χ2n) is 7.66. The molecule has 1 N–H and O–H groups in total. The standard InChI is InChI=1S/C20H21NO3/c1-10-7-17(23)24-16-8-12(5-6-13(10)16)21-11(2)18-15(22)9-14-19(18)20(14,3)4/h5-8,14,19,21H,9H2,1-4H3/t14-,19-/m1/s1. The molecule has 4 rings (SSSR count). The minimum atomic E-state index is -0.347. The van der Waals surface area contributed by atoms with Crippen LogP contribution in [0, 0.1) is 24.2 Å². The molecule has 124 valence electrons. The number of nitrogens with one attached hydrogen (secondary N) is 1. The lowest BCUT2D eigenvalue weighted by atomic mass is 9.95. The monoisotopic (exact) mass is 323 g/mol. The molecular weight excluding hydrogens is 302 g/mol. The zero-order valence-electron chi connectivity index (χ0n) is 14.4. The number of aryl methyl sites for hydroxylation is 1. The minimum Gasteiger partial charge on any atom is -0.423 e. The van der Waals surface area contributed by atoms with Crippen LogP contribution in [0.3, 0.4) is 0 Å². The Kier molecular flexibility index (Phi) is 3.05. The first kappa shape index (κ1) is 15.2. The van der Waals surface area contributed by atoms with Crippen LogP contribution in [-0.4, -0.2) is 5.78 Å². The lowest BCUT2D eigenvalue weighted by molar-refractivity contribution is -0.115. The van der Waals surface area contributed by atoms with Crippen molar-refractivity contribution in [2.75, 3.05) is 5.32 Å². The van der Waals surface area contributed by atoms with Gasteiger partial charge in [-0.15, -0.1) is 0 Å². The molecule has 0 aliphatic heterocycles. The van der Waals surface area contributed by atoms with Gasteiger partial charge in [0.25, 0.3) is 0 Å². The maximum Gasteiger partial charge on any atom is 0.336 e. The van der Waals surface area contributed by atoms with Crippen LogP contribution in [0.25, 0.3) is 11.0 Å². The van der Waals surface area contributed by atoms with E-state index in [-0.39, 0.29) is 16.8 Å². The number of fused-ring (bicyclic) bond motifs is 2. The number of benzene rings is 1. The quantitative estimate of drug-likeness (QED) is 0.669. The molecular formula is C20H21NO3. The van der Waals surface area contributed by atoms with Crippen molar-refractivity contribution < 1.29 is 9.21 Å². The number of hydrogen-bond donors (Lipinski definition) is 1. The number of rotatable bonds is 2. The third-order valence-corrected chi connectivity index (χ3v) is 5.75. The fourth-order valence-electron chi connectivity index (χ4n) is 4.31. The number of allylic oxidation sites excluding steroid dienone is 2. The lowest BCUT2D eigenvalue weighted by Crippen LogP contribution is -2.12. The number of hydrogen-bond acceptors (Lipinski definition) is 4. The third kappa shape index (κ3) is 2.13. The van der Waals surface area contributed by atoms with Crippen LogP contribution in [-0.2, 0) is 4.79 Å². The van der Waals surface area contributed by atoms with Crippen LogP contribution < -0.4 is 10.9 Å². The van der Waals surface area contributed by atoms with Gasteiger partial charge in [-0.3, -0.25) is 4.79 Å². The van der Waals surface area contributed by atoms with Crippen molar-refractivity contribution in [1.82, 2.24) is 0 Å². The van der Waals surface area contributed by atoms with Crippen LogP contribution in [0.4, 0.5) is 5.69 Å². The average molecular weight is 323 g/mol. The molecule has 0 unspecified atom stereocenters. The first-order valence-corrected chi connectivity index (χ1v) is 8.34. The van der Waals surface area contributed by atoms with Gasteiger partial charge in [0.1, 0.15) is 5.58 Å². The number of ketones is 1. The molecule has 2 aliphatic rings. The number of carbonyl (C=O) groups excluding carboxylic acids is 1. The van der Waals surface area contributed by atoms with Crippen molar-refractivity contribution in [1.29, 1.82) is 0 Å². The predicted molar refractivity (Wildman–Crippen MR) is 93.9 cm³/mol. The topological polar surface area (TPSA) is 59.3 Å². The highest BCUT2D eigenvalue weighted by molar-refractivity contribution is 6.01. The van der Waals surface area contributed by atoms with Crippen LogP contribution in [0.1, 0.15) is 32.8 Å². The molecule has 1 heterocycles. The van der Waals surface area contributed by atoms with Crippen LogP contribution in [0.2, 0.25) is 0 Å². The summed E-state index contributed by atoms with van der Waals surface area (Å²) in [5.41, 5.74) is 4.03. The van der Waals surface area contributed by atoms with E-state index in [1.807, 2.05) is 32.0 Å². The van der Waals surface area contributed by atoms with Crippen molar-refractivity contribution in [3.63, 3.8) is 0 Å². The zero-order chi connectivity index (χ0) is 17.2. The Morgan fingerprint density at radius 1 is 1.25 bits per heavy atom. The summed E-state index contributed by atoms with van der Waals surface area (Å²) in [7, 11) is 0. The number of anilines is 1. The normalized spacial score (nSPS) is 26.4. The molecule has 1 aromatic heterocycles. The van der Waals surface area contributed by atoms with E-state index in [1.165, 1.54) is 6.07 Å². The molecule has 0 radical (unpaired) electrons. The van der Waals surface area contributed by atoms with Crippen molar-refractivity contribution >= 4 is 22.4 Å². The van der Waals surface area contributed by atoms with E-state index >= 15 is 0 Å². The van der Waals surface area contributed by atoms with Gasteiger partial charge in [-0.25, -0.2) is 4.79 Å². The zero-order valence-corrected chi connectivity index (χ0v) is 14.4. The SMILES string of the molecule is CC(Nc1ccc2c(C)cc(=O)oc2c1)=C1C(=O)C[C@@H]2[C@H]1C2(C)C. The summed E-state index contributed by atoms with van der Waals surface area (Å²) < 4.78 is 5.30. The van der Waals surface area contributed by atoms with Gasteiger partial charge in [-0.2, -0.15) is 0 Å². The van der Waals surface area contributed by atoms with Crippen LogP contribution in [0.5, 0.6) is 0 Å². The Hall–Kier alpha value is -2.36. The second-order valence-corrected chi connectivity index (χ2v) is 7.66. The lowest BCUT2D eigenvalue weighted by Gasteiger charge is -2.15. The largest absolute Gasteiger partial charge is 0.423 e. The van der Waals surface area contributed by atoms with Crippen molar-refractivity contribution in [2.24, 2.45) is 17.3 Å². The van der Waals surface area contributed by atoms with Crippen molar-refractivity contribution in [3.05, 3.63) is 51.5 Å². The molecule has 4 heteroatoms. The smallest absolute Gasteiger partial charge is 0.336 e. The summed E-state index contributed by atoms with van der Waals surface area (Å²) in [4.78, 5) is 23.8.